The summed E-state index contributed by atoms with van der Waals surface area (Å²) in [6.45, 7) is 1.12. The first-order valence-corrected chi connectivity index (χ1v) is 12.8. The minimum absolute atomic E-state index is 0.231. The van der Waals surface area contributed by atoms with Gasteiger partial charge in [0.05, 0.1) is 35.6 Å². The Kier molecular flexibility index (Phi) is 8.54. The number of hydrogen-bond donors (Lipinski definition) is 3. The molecule has 0 aliphatic carbocycles. The number of fused-ring (bicyclic) bond motifs is 1. The van der Waals surface area contributed by atoms with Gasteiger partial charge in [-0.25, -0.2) is 9.87 Å². The largest absolute Gasteiger partial charge is 0.497 e. The van der Waals surface area contributed by atoms with Gasteiger partial charge < -0.3 is 9.84 Å². The molecular weight excluding hydrogens is 481 g/mol. The van der Waals surface area contributed by atoms with E-state index in [4.69, 9.17) is 4.74 Å². The minimum Gasteiger partial charge on any atom is -0.497 e. The molecule has 1 atom stereocenters. The lowest BCUT2D eigenvalue weighted by Gasteiger charge is -2.40. The van der Waals surface area contributed by atoms with Gasteiger partial charge in [0.2, 0.25) is 5.91 Å². The minimum atomic E-state index is -1.01. The molecule has 0 spiro atoms. The molecule has 4 rings (SSSR count). The zero-order valence-electron chi connectivity index (χ0n) is 20.2. The number of nitrogens with zero attached hydrogens (tertiary/aromatic N) is 2. The van der Waals surface area contributed by atoms with Gasteiger partial charge in [-0.3, -0.25) is 19.9 Å². The van der Waals surface area contributed by atoms with Gasteiger partial charge in [0.25, 0.3) is 0 Å². The maximum Gasteiger partial charge on any atom is 0.249 e. The van der Waals surface area contributed by atoms with Crippen molar-refractivity contribution in [3.8, 4) is 17.6 Å². The van der Waals surface area contributed by atoms with E-state index in [-0.39, 0.29) is 6.42 Å². The molecule has 36 heavy (non-hydrogen) atoms. The number of aliphatic hydroxyl groups excluding tert-OH is 1. The van der Waals surface area contributed by atoms with Crippen molar-refractivity contribution < 1.29 is 24.2 Å². The summed E-state index contributed by atoms with van der Waals surface area (Å²) in [6, 6.07) is 9.22. The van der Waals surface area contributed by atoms with Gasteiger partial charge in [-0.2, -0.15) is 0 Å². The summed E-state index contributed by atoms with van der Waals surface area (Å²) in [5.41, 5.74) is 2.40. The van der Waals surface area contributed by atoms with E-state index in [9.17, 15) is 19.5 Å². The average molecular weight is 512 g/mol. The van der Waals surface area contributed by atoms with Crippen molar-refractivity contribution in [2.24, 2.45) is 5.41 Å². The Morgan fingerprint density at radius 3 is 2.83 bits per heavy atom. The summed E-state index contributed by atoms with van der Waals surface area (Å²) in [4.78, 5) is 20.3. The third kappa shape index (κ3) is 5.68. The lowest BCUT2D eigenvalue weighted by Crippen LogP contribution is -2.48. The molecule has 1 amide bonds. The third-order valence-electron chi connectivity index (χ3n) is 7.00. The smallest absolute Gasteiger partial charge is 0.249 e. The molecule has 2 aromatic heterocycles. The zero-order chi connectivity index (χ0) is 25.5. The molecule has 3 aromatic rings. The number of aromatic nitrogens is 1. The van der Waals surface area contributed by atoms with Crippen LogP contribution in [0.4, 0.5) is 4.39 Å². The van der Waals surface area contributed by atoms with Gasteiger partial charge >= 0.3 is 0 Å². The van der Waals surface area contributed by atoms with Crippen molar-refractivity contribution in [1.82, 2.24) is 15.4 Å². The monoisotopic (exact) mass is 511 g/mol. The van der Waals surface area contributed by atoms with Crippen LogP contribution >= 0.6 is 11.3 Å². The van der Waals surface area contributed by atoms with Crippen LogP contribution < -0.4 is 10.2 Å². The Hall–Kier alpha value is -3.03. The SMILES string of the molecule is COc1ccc2ncc(CF)c([C@H](O)CCC3(C(=O)NO)CCN(CC#Cc4cccs4)CC3)c2c1. The Balaban J connectivity index is 1.48. The second-order valence-electron chi connectivity index (χ2n) is 9.04. The summed E-state index contributed by atoms with van der Waals surface area (Å²) in [6.07, 6.45) is 2.05. The number of alkyl halides is 1. The summed E-state index contributed by atoms with van der Waals surface area (Å²) < 4.78 is 19.2. The number of hydrogen-bond acceptors (Lipinski definition) is 7. The summed E-state index contributed by atoms with van der Waals surface area (Å²) in [5.74, 6) is 6.46. The van der Waals surface area contributed by atoms with Gasteiger partial charge in [-0.05, 0) is 60.9 Å². The number of piperidine rings is 1. The van der Waals surface area contributed by atoms with E-state index in [1.807, 2.05) is 23.0 Å². The molecule has 9 heteroatoms. The van der Waals surface area contributed by atoms with Crippen molar-refractivity contribution in [2.45, 2.75) is 38.5 Å². The van der Waals surface area contributed by atoms with Gasteiger partial charge in [0.1, 0.15) is 12.4 Å². The van der Waals surface area contributed by atoms with Crippen molar-refractivity contribution in [3.05, 3.63) is 57.9 Å². The Labute approximate surface area is 213 Å². The predicted molar refractivity (Wildman–Crippen MR) is 137 cm³/mol. The van der Waals surface area contributed by atoms with E-state index in [2.05, 4.69) is 21.7 Å². The van der Waals surface area contributed by atoms with E-state index >= 15 is 0 Å². The number of halogens is 1. The predicted octanol–water partition coefficient (Wildman–Crippen LogP) is 4.23. The first-order valence-electron chi connectivity index (χ1n) is 11.9. The number of amides is 1. The van der Waals surface area contributed by atoms with Crippen LogP contribution in [0.1, 0.15) is 47.8 Å². The number of benzene rings is 1. The summed E-state index contributed by atoms with van der Waals surface area (Å²) in [5, 5.41) is 23.3. The number of methoxy groups -OCH3 is 1. The second kappa shape index (κ2) is 11.8. The molecule has 190 valence electrons. The highest BCUT2D eigenvalue weighted by Crippen LogP contribution is 2.40. The number of thiophene rings is 1. The molecule has 0 saturated carbocycles. The number of carbonyl (C=O) groups is 1. The topological polar surface area (TPSA) is 94.9 Å². The molecule has 0 bridgehead atoms. The van der Waals surface area contributed by atoms with Crippen LogP contribution in [0.25, 0.3) is 10.9 Å². The standard InChI is InChI=1S/C27H30FN3O4S/c1-35-20-6-7-23-22(16-20)25(19(17-28)18-29-23)24(32)8-9-27(26(33)30-34)10-13-31(14-11-27)12-2-4-21-5-3-15-36-21/h3,5-7,15-16,18,24,32,34H,8-14,17H2,1H3,(H,30,33)/t24-/m1/s1. The fourth-order valence-electron chi connectivity index (χ4n) is 4.85. The Morgan fingerprint density at radius 2 is 2.17 bits per heavy atom. The summed E-state index contributed by atoms with van der Waals surface area (Å²) in [7, 11) is 1.54. The van der Waals surface area contributed by atoms with Crippen LogP contribution in [0.3, 0.4) is 0 Å². The van der Waals surface area contributed by atoms with Crippen molar-refractivity contribution >= 4 is 28.1 Å². The number of nitrogens with one attached hydrogen (secondary N) is 1. The van der Waals surface area contributed by atoms with Gasteiger partial charge in [0, 0.05) is 30.2 Å². The zero-order valence-corrected chi connectivity index (χ0v) is 21.0. The van der Waals surface area contributed by atoms with Gasteiger partial charge in [-0.15, -0.1) is 11.3 Å². The molecule has 7 nitrogen and oxygen atoms in total. The maximum absolute atomic E-state index is 13.8. The molecule has 3 N–H and O–H groups in total. The molecule has 0 radical (unpaired) electrons. The number of ether oxygens (including phenoxy) is 1. The number of likely N-dealkylation sites (tertiary alicyclic amines) is 1. The molecule has 1 aliphatic rings. The molecule has 1 aromatic carbocycles. The highest BCUT2D eigenvalue weighted by Gasteiger charge is 2.41. The Morgan fingerprint density at radius 1 is 1.36 bits per heavy atom. The summed E-state index contributed by atoms with van der Waals surface area (Å²) >= 11 is 1.60. The van der Waals surface area contributed by atoms with E-state index in [0.29, 0.717) is 66.7 Å². The first-order chi connectivity index (χ1) is 17.5. The number of rotatable bonds is 8. The van der Waals surface area contributed by atoms with E-state index in [0.717, 1.165) is 4.88 Å². The number of pyridine rings is 1. The second-order valence-corrected chi connectivity index (χ2v) is 9.99. The number of hydroxylamine groups is 1. The van der Waals surface area contributed by atoms with E-state index in [1.54, 1.807) is 36.6 Å². The molecule has 1 fully saturated rings. The lowest BCUT2D eigenvalue weighted by molar-refractivity contribution is -0.143. The fourth-order valence-corrected chi connectivity index (χ4v) is 5.45. The van der Waals surface area contributed by atoms with Gasteiger partial charge in [0.15, 0.2) is 0 Å². The lowest BCUT2D eigenvalue weighted by atomic mass is 9.73. The molecule has 1 aliphatic heterocycles. The molecule has 3 heterocycles. The van der Waals surface area contributed by atoms with Gasteiger partial charge in [-0.1, -0.05) is 17.9 Å². The quantitative estimate of drug-likeness (QED) is 0.238. The number of aliphatic hydroxyl groups is 1. The normalized spacial score (nSPS) is 16.2. The van der Waals surface area contributed by atoms with E-state index < -0.39 is 24.1 Å². The molecule has 1 saturated heterocycles. The number of carbonyl (C=O) groups excluding carboxylic acids is 1. The maximum atomic E-state index is 13.8. The van der Waals surface area contributed by atoms with Crippen LogP contribution in [-0.4, -0.2) is 52.8 Å². The van der Waals surface area contributed by atoms with Crippen LogP contribution in [0.5, 0.6) is 5.75 Å². The molecule has 0 unspecified atom stereocenters. The van der Waals surface area contributed by atoms with Crippen LogP contribution in [0.15, 0.2) is 41.9 Å². The molecular formula is C27H30FN3O4S. The first kappa shape index (κ1) is 26.0. The third-order valence-corrected chi connectivity index (χ3v) is 7.79. The van der Waals surface area contributed by atoms with Crippen molar-refractivity contribution in [2.75, 3.05) is 26.7 Å². The van der Waals surface area contributed by atoms with Crippen LogP contribution in [0, 0.1) is 17.3 Å². The highest BCUT2D eigenvalue weighted by molar-refractivity contribution is 7.10. The van der Waals surface area contributed by atoms with Crippen LogP contribution in [0.2, 0.25) is 0 Å². The van der Waals surface area contributed by atoms with E-state index in [1.165, 1.54) is 6.20 Å². The van der Waals surface area contributed by atoms with Crippen LogP contribution in [-0.2, 0) is 11.5 Å². The fraction of sp³-hybridized carbons (Fsp3) is 0.407. The highest BCUT2D eigenvalue weighted by atomic mass is 32.1. The van der Waals surface area contributed by atoms with Crippen molar-refractivity contribution in [3.63, 3.8) is 0 Å². The Bertz CT molecular complexity index is 1240. The average Bonchev–Trinajstić information content (AvgIpc) is 3.44. The van der Waals surface area contributed by atoms with Crippen molar-refractivity contribution in [1.29, 1.82) is 0 Å².